The smallest absolute Gasteiger partial charge is 0.226 e. The molecule has 0 aliphatic carbocycles. The quantitative estimate of drug-likeness (QED) is 0.733. The van der Waals surface area contributed by atoms with Gasteiger partial charge in [-0.05, 0) is 36.5 Å². The van der Waals surface area contributed by atoms with Gasteiger partial charge in [-0.3, -0.25) is 9.59 Å². The first-order valence-corrected chi connectivity index (χ1v) is 9.26. The maximum absolute atomic E-state index is 13.0. The predicted octanol–water partition coefficient (Wildman–Crippen LogP) is 4.89. The molecule has 0 radical (unpaired) electrons. The van der Waals surface area contributed by atoms with Crippen molar-refractivity contribution in [3.63, 3.8) is 0 Å². The van der Waals surface area contributed by atoms with E-state index in [1.165, 1.54) is 0 Å². The highest BCUT2D eigenvalue weighted by Gasteiger charge is 2.37. The number of hydrogen-bond acceptors (Lipinski definition) is 2. The van der Waals surface area contributed by atoms with E-state index >= 15 is 0 Å². The van der Waals surface area contributed by atoms with Crippen LogP contribution in [-0.4, -0.2) is 23.1 Å². The molecule has 2 atom stereocenters. The lowest BCUT2D eigenvalue weighted by atomic mass is 9.84. The van der Waals surface area contributed by atoms with Crippen molar-refractivity contribution < 1.29 is 9.59 Å². The predicted molar refractivity (Wildman–Crippen MR) is 97.9 cm³/mol. The average Bonchev–Trinajstić information content (AvgIpc) is 2.52. The summed E-state index contributed by atoms with van der Waals surface area (Å²) in [6, 6.07) is 7.86. The fourth-order valence-corrected chi connectivity index (χ4v) is 3.46. The average molecular weight is 350 g/mol. The number of ketones is 1. The zero-order valence-electron chi connectivity index (χ0n) is 15.1. The number of likely N-dealkylation sites (tertiary alicyclic amines) is 1. The fourth-order valence-electron chi connectivity index (χ4n) is 3.34. The Kier molecular flexibility index (Phi) is 6.45. The Morgan fingerprint density at radius 2 is 1.79 bits per heavy atom. The summed E-state index contributed by atoms with van der Waals surface area (Å²) in [6.07, 6.45) is 2.05. The van der Waals surface area contributed by atoms with Gasteiger partial charge in [0.05, 0.1) is 6.04 Å². The standard InChI is InChI=1S/C20H28ClNO2/c1-13(2)12-22-18(15-5-8-17(21)9-6-15)10-7-16(20(22)24)11-19(23)14(3)4/h5-6,8-9,13-14,16,18H,7,10-12H2,1-4H3. The molecule has 2 rings (SSSR count). The van der Waals surface area contributed by atoms with Crippen LogP contribution in [0.25, 0.3) is 0 Å². The molecule has 1 saturated heterocycles. The summed E-state index contributed by atoms with van der Waals surface area (Å²) < 4.78 is 0. The zero-order valence-corrected chi connectivity index (χ0v) is 15.8. The molecule has 0 aromatic heterocycles. The topological polar surface area (TPSA) is 37.4 Å². The number of amides is 1. The normalized spacial score (nSPS) is 21.6. The largest absolute Gasteiger partial charge is 0.335 e. The molecule has 24 heavy (non-hydrogen) atoms. The fraction of sp³-hybridized carbons (Fsp3) is 0.600. The van der Waals surface area contributed by atoms with E-state index in [4.69, 9.17) is 11.6 Å². The van der Waals surface area contributed by atoms with Gasteiger partial charge in [0.25, 0.3) is 0 Å². The van der Waals surface area contributed by atoms with E-state index in [0.717, 1.165) is 24.9 Å². The number of carbonyl (C=O) groups is 2. The number of carbonyl (C=O) groups excluding carboxylic acids is 2. The minimum atomic E-state index is -0.165. The Balaban J connectivity index is 2.20. The summed E-state index contributed by atoms with van der Waals surface area (Å²) in [5.41, 5.74) is 1.13. The van der Waals surface area contributed by atoms with E-state index in [1.807, 2.05) is 43.0 Å². The first kappa shape index (κ1) is 19.0. The molecule has 1 aromatic carbocycles. The number of benzene rings is 1. The SMILES string of the molecule is CC(C)CN1C(=O)C(CC(=O)C(C)C)CCC1c1ccc(Cl)cc1. The van der Waals surface area contributed by atoms with E-state index in [9.17, 15) is 9.59 Å². The summed E-state index contributed by atoms with van der Waals surface area (Å²) in [7, 11) is 0. The molecule has 0 bridgehead atoms. The third kappa shape index (κ3) is 4.60. The third-order valence-electron chi connectivity index (χ3n) is 4.71. The molecule has 4 heteroatoms. The van der Waals surface area contributed by atoms with Crippen molar-refractivity contribution in [2.75, 3.05) is 6.54 Å². The summed E-state index contributed by atoms with van der Waals surface area (Å²) in [5.74, 6) is 0.530. The number of nitrogens with zero attached hydrogens (tertiary/aromatic N) is 1. The van der Waals surface area contributed by atoms with Crippen LogP contribution in [0.5, 0.6) is 0 Å². The molecule has 0 N–H and O–H groups in total. The molecule has 3 nitrogen and oxygen atoms in total. The van der Waals surface area contributed by atoms with Gasteiger partial charge in [0, 0.05) is 29.8 Å². The van der Waals surface area contributed by atoms with Gasteiger partial charge in [-0.1, -0.05) is 51.4 Å². The van der Waals surface area contributed by atoms with E-state index in [0.29, 0.717) is 17.4 Å². The summed E-state index contributed by atoms with van der Waals surface area (Å²) in [6.45, 7) is 8.76. The highest BCUT2D eigenvalue weighted by atomic mass is 35.5. The molecule has 2 unspecified atom stereocenters. The Morgan fingerprint density at radius 3 is 2.33 bits per heavy atom. The highest BCUT2D eigenvalue weighted by molar-refractivity contribution is 6.30. The minimum Gasteiger partial charge on any atom is -0.335 e. The van der Waals surface area contributed by atoms with Crippen molar-refractivity contribution in [3.8, 4) is 0 Å². The monoisotopic (exact) mass is 349 g/mol. The second-order valence-corrected chi connectivity index (χ2v) is 7.99. The molecule has 1 aromatic rings. The van der Waals surface area contributed by atoms with E-state index in [-0.39, 0.29) is 29.6 Å². The lowest BCUT2D eigenvalue weighted by Gasteiger charge is -2.40. The van der Waals surface area contributed by atoms with Crippen LogP contribution in [0.4, 0.5) is 0 Å². The van der Waals surface area contributed by atoms with Crippen molar-refractivity contribution >= 4 is 23.3 Å². The lowest BCUT2D eigenvalue weighted by Crippen LogP contribution is -2.45. The van der Waals surface area contributed by atoms with Gasteiger partial charge in [0.1, 0.15) is 5.78 Å². The lowest BCUT2D eigenvalue weighted by molar-refractivity contribution is -0.145. The van der Waals surface area contributed by atoms with Crippen molar-refractivity contribution in [1.29, 1.82) is 0 Å². The van der Waals surface area contributed by atoms with Gasteiger partial charge in [-0.25, -0.2) is 0 Å². The Morgan fingerprint density at radius 1 is 1.17 bits per heavy atom. The maximum atomic E-state index is 13.0. The van der Waals surface area contributed by atoms with Crippen LogP contribution in [0.2, 0.25) is 5.02 Å². The van der Waals surface area contributed by atoms with Crippen LogP contribution in [-0.2, 0) is 9.59 Å². The van der Waals surface area contributed by atoms with Crippen molar-refractivity contribution in [2.45, 2.75) is 53.0 Å². The van der Waals surface area contributed by atoms with Gasteiger partial charge in [-0.2, -0.15) is 0 Å². The molecule has 1 fully saturated rings. The summed E-state index contributed by atoms with van der Waals surface area (Å²) >= 11 is 5.99. The number of halogens is 1. The Labute approximate surface area is 150 Å². The van der Waals surface area contributed by atoms with Crippen LogP contribution in [0.3, 0.4) is 0 Å². The summed E-state index contributed by atoms with van der Waals surface area (Å²) in [4.78, 5) is 27.1. The third-order valence-corrected chi connectivity index (χ3v) is 4.96. The Hall–Kier alpha value is -1.35. The van der Waals surface area contributed by atoms with E-state index in [2.05, 4.69) is 13.8 Å². The molecule has 1 heterocycles. The summed E-state index contributed by atoms with van der Waals surface area (Å²) in [5, 5.41) is 0.705. The van der Waals surface area contributed by atoms with Gasteiger partial charge in [0.2, 0.25) is 5.91 Å². The molecule has 1 amide bonds. The molecule has 1 aliphatic heterocycles. The second-order valence-electron chi connectivity index (χ2n) is 7.55. The molecule has 132 valence electrons. The van der Waals surface area contributed by atoms with Crippen LogP contribution in [0.1, 0.15) is 58.6 Å². The van der Waals surface area contributed by atoms with E-state index in [1.54, 1.807) is 0 Å². The molecular formula is C20H28ClNO2. The first-order valence-electron chi connectivity index (χ1n) is 8.88. The number of piperidine rings is 1. The maximum Gasteiger partial charge on any atom is 0.226 e. The van der Waals surface area contributed by atoms with Crippen LogP contribution < -0.4 is 0 Å². The van der Waals surface area contributed by atoms with E-state index < -0.39 is 0 Å². The van der Waals surface area contributed by atoms with Crippen LogP contribution >= 0.6 is 11.6 Å². The first-order chi connectivity index (χ1) is 11.3. The molecule has 0 saturated carbocycles. The Bertz CT molecular complexity index is 580. The number of rotatable bonds is 6. The van der Waals surface area contributed by atoms with Gasteiger partial charge < -0.3 is 4.90 Å². The van der Waals surface area contributed by atoms with Crippen LogP contribution in [0, 0.1) is 17.8 Å². The van der Waals surface area contributed by atoms with Crippen molar-refractivity contribution in [2.24, 2.45) is 17.8 Å². The van der Waals surface area contributed by atoms with Gasteiger partial charge in [0.15, 0.2) is 0 Å². The van der Waals surface area contributed by atoms with Gasteiger partial charge >= 0.3 is 0 Å². The van der Waals surface area contributed by atoms with Crippen LogP contribution in [0.15, 0.2) is 24.3 Å². The molecular weight excluding hydrogens is 322 g/mol. The van der Waals surface area contributed by atoms with Crippen molar-refractivity contribution in [1.82, 2.24) is 4.90 Å². The number of hydrogen-bond donors (Lipinski definition) is 0. The zero-order chi connectivity index (χ0) is 17.9. The van der Waals surface area contributed by atoms with Gasteiger partial charge in [-0.15, -0.1) is 0 Å². The molecule has 1 aliphatic rings. The number of Topliss-reactive ketones (excluding diaryl/α,β-unsaturated/α-hetero) is 1. The highest BCUT2D eigenvalue weighted by Crippen LogP contribution is 2.36. The van der Waals surface area contributed by atoms with Crippen molar-refractivity contribution in [3.05, 3.63) is 34.9 Å². The minimum absolute atomic E-state index is 0.00895. The second kappa shape index (κ2) is 8.15. The molecule has 0 spiro atoms.